The van der Waals surface area contributed by atoms with Crippen LogP contribution >= 0.6 is 0 Å². The smallest absolute Gasteiger partial charge is 0.310 e. The van der Waals surface area contributed by atoms with Crippen LogP contribution in [0.5, 0.6) is 0 Å². The van der Waals surface area contributed by atoms with E-state index in [9.17, 15) is 14.7 Å². The van der Waals surface area contributed by atoms with E-state index in [1.54, 1.807) is 27.7 Å². The number of hydrogen-bond donors (Lipinski definition) is 3. The fourth-order valence-corrected chi connectivity index (χ4v) is 1.72. The largest absolute Gasteiger partial charge is 0.481 e. The highest BCUT2D eigenvalue weighted by atomic mass is 16.4. The van der Waals surface area contributed by atoms with E-state index in [1.165, 1.54) is 0 Å². The summed E-state index contributed by atoms with van der Waals surface area (Å²) in [5.41, 5.74) is 0.0875. The third-order valence-corrected chi connectivity index (χ3v) is 4.09. The molecular weight excluding hydrogens is 268 g/mol. The van der Waals surface area contributed by atoms with Crippen LogP contribution in [0.3, 0.4) is 0 Å². The zero-order chi connectivity index (χ0) is 16.3. The maximum absolute atomic E-state index is 11.9. The molecule has 0 radical (unpaired) electrons. The van der Waals surface area contributed by atoms with Gasteiger partial charge in [-0.2, -0.15) is 0 Å². The topological polar surface area (TPSA) is 78.4 Å². The zero-order valence-corrected chi connectivity index (χ0v) is 13.3. The number of carbonyl (C=O) groups is 2. The van der Waals surface area contributed by atoms with Crippen molar-refractivity contribution in [2.24, 2.45) is 5.41 Å². The van der Waals surface area contributed by atoms with Crippen LogP contribution in [0.15, 0.2) is 24.3 Å². The van der Waals surface area contributed by atoms with Gasteiger partial charge in [0.2, 0.25) is 5.91 Å². The summed E-state index contributed by atoms with van der Waals surface area (Å²) in [5.74, 6) is -1.10. The number of rotatable bonds is 6. The normalized spacial score (nSPS) is 12.0. The van der Waals surface area contributed by atoms with E-state index < -0.39 is 16.9 Å². The van der Waals surface area contributed by atoms with Gasteiger partial charge in [0.1, 0.15) is 0 Å². The molecule has 1 aromatic carbocycles. The van der Waals surface area contributed by atoms with Crippen LogP contribution in [0.4, 0.5) is 5.69 Å². The minimum Gasteiger partial charge on any atom is -0.481 e. The Kier molecular flexibility index (Phi) is 5.12. The van der Waals surface area contributed by atoms with Gasteiger partial charge in [0.05, 0.1) is 12.0 Å². The van der Waals surface area contributed by atoms with Gasteiger partial charge in [0.15, 0.2) is 0 Å². The molecule has 5 nitrogen and oxygen atoms in total. The molecule has 0 fully saturated rings. The van der Waals surface area contributed by atoms with Gasteiger partial charge >= 0.3 is 5.97 Å². The van der Waals surface area contributed by atoms with Gasteiger partial charge in [-0.25, -0.2) is 0 Å². The highest BCUT2D eigenvalue weighted by Crippen LogP contribution is 2.30. The molecule has 1 rings (SSSR count). The monoisotopic (exact) mass is 292 g/mol. The number of hydrogen-bond acceptors (Lipinski definition) is 3. The lowest BCUT2D eigenvalue weighted by molar-refractivity contribution is -0.151. The molecule has 0 aliphatic carbocycles. The van der Waals surface area contributed by atoms with Crippen LogP contribution in [0.2, 0.25) is 0 Å². The highest BCUT2D eigenvalue weighted by molar-refractivity contribution is 5.92. The third kappa shape index (κ3) is 4.29. The lowest BCUT2D eigenvalue weighted by Gasteiger charge is -2.38. The summed E-state index contributed by atoms with van der Waals surface area (Å²) in [7, 11) is 0. The maximum atomic E-state index is 11.9. The van der Waals surface area contributed by atoms with Crippen LogP contribution in [0.1, 0.15) is 33.3 Å². The predicted molar refractivity (Wildman–Crippen MR) is 83.3 cm³/mol. The van der Waals surface area contributed by atoms with Gasteiger partial charge in [-0.15, -0.1) is 0 Å². The molecule has 0 spiro atoms. The summed E-state index contributed by atoms with van der Waals surface area (Å²) in [4.78, 5) is 23.2. The minimum absolute atomic E-state index is 0.0532. The average molecular weight is 292 g/mol. The number of nitrogens with one attached hydrogen (secondary N) is 2. The molecule has 0 atom stereocenters. The van der Waals surface area contributed by atoms with Crippen LogP contribution in [0.25, 0.3) is 0 Å². The van der Waals surface area contributed by atoms with Crippen molar-refractivity contribution in [1.82, 2.24) is 5.32 Å². The summed E-state index contributed by atoms with van der Waals surface area (Å²) >= 11 is 0. The first kappa shape index (κ1) is 17.2. The Balaban J connectivity index is 2.62. The van der Waals surface area contributed by atoms with Crippen molar-refractivity contribution in [2.75, 3.05) is 11.9 Å². The predicted octanol–water partition coefficient (Wildman–Crippen LogP) is 2.41. The lowest BCUT2D eigenvalue weighted by Crippen LogP contribution is -2.56. The first-order valence-corrected chi connectivity index (χ1v) is 6.91. The van der Waals surface area contributed by atoms with Gasteiger partial charge in [-0.3, -0.25) is 9.59 Å². The van der Waals surface area contributed by atoms with Crippen molar-refractivity contribution in [3.63, 3.8) is 0 Å². The number of carbonyl (C=O) groups excluding carboxylic acids is 1. The maximum Gasteiger partial charge on any atom is 0.310 e. The van der Waals surface area contributed by atoms with E-state index >= 15 is 0 Å². The van der Waals surface area contributed by atoms with E-state index in [4.69, 9.17) is 0 Å². The summed E-state index contributed by atoms with van der Waals surface area (Å²) in [6, 6.07) is 7.52. The van der Waals surface area contributed by atoms with E-state index in [0.29, 0.717) is 0 Å². The molecule has 0 aromatic heterocycles. The van der Waals surface area contributed by atoms with Crippen LogP contribution in [-0.2, 0) is 9.59 Å². The number of aliphatic carboxylic acids is 1. The van der Waals surface area contributed by atoms with Crippen LogP contribution in [-0.4, -0.2) is 29.1 Å². The number of carboxylic acid groups (broad SMARTS) is 1. The first-order chi connectivity index (χ1) is 9.56. The molecule has 5 heteroatoms. The van der Waals surface area contributed by atoms with Gasteiger partial charge in [0.25, 0.3) is 0 Å². The second kappa shape index (κ2) is 6.26. The average Bonchev–Trinajstić information content (AvgIpc) is 2.36. The molecule has 1 aromatic rings. The molecule has 0 saturated carbocycles. The quantitative estimate of drug-likeness (QED) is 0.752. The van der Waals surface area contributed by atoms with Gasteiger partial charge < -0.3 is 15.7 Å². The molecule has 116 valence electrons. The molecule has 0 aliphatic heterocycles. The Labute approximate surface area is 125 Å². The molecule has 1 amide bonds. The molecule has 0 aliphatic rings. The van der Waals surface area contributed by atoms with Crippen LogP contribution in [0, 0.1) is 12.3 Å². The first-order valence-electron chi connectivity index (χ1n) is 6.91. The third-order valence-electron chi connectivity index (χ3n) is 4.09. The Bertz CT molecular complexity index is 536. The standard InChI is InChI=1S/C16H24N2O3/c1-11-7-6-8-12(9-11)18-13(19)10-17-16(4,5)15(2,3)14(20)21/h6-9,17H,10H2,1-5H3,(H,18,19)(H,20,21). The molecule has 0 saturated heterocycles. The molecule has 0 bridgehead atoms. The zero-order valence-electron chi connectivity index (χ0n) is 13.3. The highest BCUT2D eigenvalue weighted by Gasteiger charge is 2.43. The molecule has 3 N–H and O–H groups in total. The SMILES string of the molecule is Cc1cccc(NC(=O)CNC(C)(C)C(C)(C)C(=O)O)c1. The second-order valence-electron chi connectivity index (χ2n) is 6.33. The molecular formula is C16H24N2O3. The van der Waals surface area contributed by atoms with E-state index in [0.717, 1.165) is 11.3 Å². The van der Waals surface area contributed by atoms with E-state index in [-0.39, 0.29) is 12.5 Å². The Morgan fingerprint density at radius 1 is 1.19 bits per heavy atom. The molecule has 21 heavy (non-hydrogen) atoms. The number of carboxylic acids is 1. The van der Waals surface area contributed by atoms with Gasteiger partial charge in [-0.1, -0.05) is 12.1 Å². The summed E-state index contributed by atoms with van der Waals surface area (Å²) in [6.45, 7) is 8.84. The fraction of sp³-hybridized carbons (Fsp3) is 0.500. The lowest BCUT2D eigenvalue weighted by atomic mass is 9.74. The van der Waals surface area contributed by atoms with Gasteiger partial charge in [-0.05, 0) is 52.3 Å². The summed E-state index contributed by atoms with van der Waals surface area (Å²) in [5, 5.41) is 15.1. The van der Waals surface area contributed by atoms with E-state index in [1.807, 2.05) is 31.2 Å². The van der Waals surface area contributed by atoms with Gasteiger partial charge in [0, 0.05) is 11.2 Å². The number of benzene rings is 1. The van der Waals surface area contributed by atoms with E-state index in [2.05, 4.69) is 10.6 Å². The second-order valence-corrected chi connectivity index (χ2v) is 6.33. The Morgan fingerprint density at radius 3 is 2.33 bits per heavy atom. The van der Waals surface area contributed by atoms with Crippen molar-refractivity contribution >= 4 is 17.6 Å². The minimum atomic E-state index is -0.989. The number of aryl methyl sites for hydroxylation is 1. The van der Waals surface area contributed by atoms with Crippen LogP contribution < -0.4 is 10.6 Å². The number of anilines is 1. The van der Waals surface area contributed by atoms with Crippen molar-refractivity contribution < 1.29 is 14.7 Å². The van der Waals surface area contributed by atoms with Crippen molar-refractivity contribution in [1.29, 1.82) is 0 Å². The van der Waals surface area contributed by atoms with Crippen molar-refractivity contribution in [2.45, 2.75) is 40.2 Å². The molecule has 0 unspecified atom stereocenters. The van der Waals surface area contributed by atoms with Crippen molar-refractivity contribution in [3.05, 3.63) is 29.8 Å². The number of amides is 1. The summed E-state index contributed by atoms with van der Waals surface area (Å²) < 4.78 is 0. The van der Waals surface area contributed by atoms with Crippen molar-refractivity contribution in [3.8, 4) is 0 Å². The Hall–Kier alpha value is -1.88. The fourth-order valence-electron chi connectivity index (χ4n) is 1.72. The summed E-state index contributed by atoms with van der Waals surface area (Å²) in [6.07, 6.45) is 0. The Morgan fingerprint density at radius 2 is 1.81 bits per heavy atom. The molecule has 0 heterocycles.